The number of para-hydroxylation sites is 1. The van der Waals surface area contributed by atoms with Crippen LogP contribution >= 0.6 is 0 Å². The molecule has 0 unspecified atom stereocenters. The van der Waals surface area contributed by atoms with Crippen molar-refractivity contribution in [2.45, 2.75) is 25.4 Å². The summed E-state index contributed by atoms with van der Waals surface area (Å²) in [4.78, 5) is 25.2. The van der Waals surface area contributed by atoms with E-state index in [0.717, 1.165) is 18.4 Å². The molecule has 0 bridgehead atoms. The Morgan fingerprint density at radius 2 is 2.05 bits per heavy atom. The Morgan fingerprint density at radius 3 is 2.70 bits per heavy atom. The third-order valence-corrected chi connectivity index (χ3v) is 3.81. The number of carbonyl (C=O) groups is 2. The highest BCUT2D eigenvalue weighted by atomic mass is 16.4. The van der Waals surface area contributed by atoms with Crippen molar-refractivity contribution in [3.63, 3.8) is 0 Å². The van der Waals surface area contributed by atoms with Gasteiger partial charge in [-0.25, -0.2) is 4.79 Å². The van der Waals surface area contributed by atoms with Gasteiger partial charge < -0.3 is 14.6 Å². The van der Waals surface area contributed by atoms with E-state index in [2.05, 4.69) is 0 Å². The van der Waals surface area contributed by atoms with E-state index in [1.807, 2.05) is 19.2 Å². The van der Waals surface area contributed by atoms with Gasteiger partial charge in [0.1, 0.15) is 6.54 Å². The Balaban J connectivity index is 1.95. The van der Waals surface area contributed by atoms with Crippen molar-refractivity contribution < 1.29 is 14.7 Å². The molecule has 5 nitrogen and oxygen atoms in total. The molecule has 1 aliphatic carbocycles. The molecule has 0 saturated heterocycles. The van der Waals surface area contributed by atoms with Crippen LogP contribution in [0, 0.1) is 0 Å². The molecule has 5 heteroatoms. The lowest BCUT2D eigenvalue weighted by molar-refractivity contribution is -0.130. The zero-order valence-electron chi connectivity index (χ0n) is 11.2. The normalized spacial score (nSPS) is 14.4. The molecule has 1 aromatic heterocycles. The van der Waals surface area contributed by atoms with Gasteiger partial charge >= 0.3 is 5.97 Å². The van der Waals surface area contributed by atoms with Crippen molar-refractivity contribution in [1.82, 2.24) is 9.47 Å². The minimum Gasteiger partial charge on any atom is -0.478 e. The first kappa shape index (κ1) is 12.7. The number of aromatic nitrogens is 1. The Morgan fingerprint density at radius 1 is 1.35 bits per heavy atom. The second-order valence-electron chi connectivity index (χ2n) is 5.23. The summed E-state index contributed by atoms with van der Waals surface area (Å²) in [6.45, 7) is 0.181. The molecule has 3 rings (SSSR count). The molecule has 1 saturated carbocycles. The van der Waals surface area contributed by atoms with Crippen molar-refractivity contribution in [2.75, 3.05) is 7.05 Å². The molecule has 0 radical (unpaired) electrons. The van der Waals surface area contributed by atoms with Crippen molar-refractivity contribution in [3.05, 3.63) is 36.0 Å². The molecule has 1 aromatic carbocycles. The number of aromatic carboxylic acids is 1. The fourth-order valence-electron chi connectivity index (χ4n) is 2.47. The predicted octanol–water partition coefficient (Wildman–Crippen LogP) is 1.96. The van der Waals surface area contributed by atoms with Gasteiger partial charge in [-0.05, 0) is 18.9 Å². The highest BCUT2D eigenvalue weighted by Gasteiger charge is 2.29. The lowest BCUT2D eigenvalue weighted by atomic mass is 10.2. The van der Waals surface area contributed by atoms with E-state index < -0.39 is 5.97 Å². The maximum Gasteiger partial charge on any atom is 0.337 e. The van der Waals surface area contributed by atoms with Gasteiger partial charge in [0.15, 0.2) is 0 Å². The monoisotopic (exact) mass is 272 g/mol. The summed E-state index contributed by atoms with van der Waals surface area (Å²) in [6.07, 6.45) is 3.68. The molecule has 0 spiro atoms. The topological polar surface area (TPSA) is 62.5 Å². The van der Waals surface area contributed by atoms with Crippen LogP contribution < -0.4 is 0 Å². The molecule has 1 amide bonds. The van der Waals surface area contributed by atoms with Crippen LogP contribution in [0.15, 0.2) is 30.5 Å². The van der Waals surface area contributed by atoms with Gasteiger partial charge in [-0.1, -0.05) is 18.2 Å². The first-order chi connectivity index (χ1) is 9.58. The van der Waals surface area contributed by atoms with Gasteiger partial charge in [0.2, 0.25) is 5.91 Å². The molecule has 1 N–H and O–H groups in total. The minimum atomic E-state index is -0.969. The van der Waals surface area contributed by atoms with E-state index in [1.165, 1.54) is 0 Å². The lowest BCUT2D eigenvalue weighted by Crippen LogP contribution is -2.31. The van der Waals surface area contributed by atoms with Gasteiger partial charge in [0.05, 0.1) is 5.56 Å². The summed E-state index contributed by atoms with van der Waals surface area (Å²) in [7, 11) is 1.81. The molecule has 1 heterocycles. The van der Waals surface area contributed by atoms with Crippen molar-refractivity contribution in [1.29, 1.82) is 0 Å². The number of carboxylic acid groups (broad SMARTS) is 1. The summed E-state index contributed by atoms with van der Waals surface area (Å²) in [5.41, 5.74) is 1.02. The number of carbonyl (C=O) groups excluding carboxylic acids is 1. The fraction of sp³-hybridized carbons (Fsp3) is 0.333. The summed E-state index contributed by atoms with van der Waals surface area (Å²) in [6, 6.07) is 7.62. The third kappa shape index (κ3) is 2.15. The van der Waals surface area contributed by atoms with Gasteiger partial charge in [-0.2, -0.15) is 0 Å². The molecule has 2 aromatic rings. The zero-order chi connectivity index (χ0) is 14.3. The number of fused-ring (bicyclic) bond motifs is 1. The molecule has 0 aliphatic heterocycles. The van der Waals surface area contributed by atoms with Crippen LogP contribution in [0.1, 0.15) is 23.2 Å². The van der Waals surface area contributed by atoms with Crippen LogP contribution in [0.4, 0.5) is 0 Å². The average molecular weight is 272 g/mol. The summed E-state index contributed by atoms with van der Waals surface area (Å²) in [5.74, 6) is -0.951. The quantitative estimate of drug-likeness (QED) is 0.925. The highest BCUT2D eigenvalue weighted by Crippen LogP contribution is 2.26. The second kappa shape index (κ2) is 4.67. The number of likely N-dealkylation sites (N-methyl/N-ethyl adjacent to an activating group) is 1. The third-order valence-electron chi connectivity index (χ3n) is 3.81. The fourth-order valence-corrected chi connectivity index (χ4v) is 2.47. The van der Waals surface area contributed by atoms with E-state index in [-0.39, 0.29) is 18.0 Å². The number of hydrogen-bond donors (Lipinski definition) is 1. The number of rotatable bonds is 4. The molecular weight excluding hydrogens is 256 g/mol. The van der Waals surface area contributed by atoms with Crippen LogP contribution in [0.5, 0.6) is 0 Å². The Bertz CT molecular complexity index is 685. The van der Waals surface area contributed by atoms with Crippen LogP contribution in [0.25, 0.3) is 10.9 Å². The highest BCUT2D eigenvalue weighted by molar-refractivity contribution is 6.03. The van der Waals surface area contributed by atoms with Crippen molar-refractivity contribution in [3.8, 4) is 0 Å². The minimum absolute atomic E-state index is 0.0187. The number of benzene rings is 1. The number of nitrogens with zero attached hydrogens (tertiary/aromatic N) is 2. The summed E-state index contributed by atoms with van der Waals surface area (Å²) in [5, 5.41) is 9.90. The van der Waals surface area contributed by atoms with Crippen LogP contribution in [-0.2, 0) is 11.3 Å². The zero-order valence-corrected chi connectivity index (χ0v) is 11.2. The molecule has 0 atom stereocenters. The number of carboxylic acids is 1. The SMILES string of the molecule is CN(C(=O)Cn1cc(C(=O)O)c2ccccc21)C1CC1. The van der Waals surface area contributed by atoms with Crippen molar-refractivity contribution in [2.24, 2.45) is 0 Å². The van der Waals surface area contributed by atoms with Gasteiger partial charge in [0.25, 0.3) is 0 Å². The Kier molecular flexibility index (Phi) is 2.97. The smallest absolute Gasteiger partial charge is 0.337 e. The molecule has 20 heavy (non-hydrogen) atoms. The van der Waals surface area contributed by atoms with Gasteiger partial charge in [-0.3, -0.25) is 4.79 Å². The molecule has 104 valence electrons. The number of amides is 1. The predicted molar refractivity (Wildman–Crippen MR) is 74.7 cm³/mol. The summed E-state index contributed by atoms with van der Waals surface area (Å²) >= 11 is 0. The maximum atomic E-state index is 12.2. The van der Waals surface area contributed by atoms with E-state index in [0.29, 0.717) is 11.4 Å². The van der Waals surface area contributed by atoms with Gasteiger partial charge in [0, 0.05) is 30.2 Å². The van der Waals surface area contributed by atoms with Crippen molar-refractivity contribution >= 4 is 22.8 Å². The van der Waals surface area contributed by atoms with E-state index in [4.69, 9.17) is 0 Å². The van der Waals surface area contributed by atoms with Gasteiger partial charge in [-0.15, -0.1) is 0 Å². The van der Waals surface area contributed by atoms with Crippen LogP contribution in [0.3, 0.4) is 0 Å². The lowest BCUT2D eigenvalue weighted by Gasteiger charge is -2.16. The molecular formula is C15H16N2O3. The maximum absolute atomic E-state index is 12.2. The Hall–Kier alpha value is -2.30. The summed E-state index contributed by atoms with van der Waals surface area (Å²) < 4.78 is 1.72. The largest absolute Gasteiger partial charge is 0.478 e. The number of hydrogen-bond acceptors (Lipinski definition) is 2. The standard InChI is InChI=1S/C15H16N2O3/c1-16(10-6-7-10)14(18)9-17-8-12(15(19)20)11-4-2-3-5-13(11)17/h2-5,8,10H,6-7,9H2,1H3,(H,19,20). The van der Waals surface area contributed by atoms with E-state index in [9.17, 15) is 14.7 Å². The van der Waals surface area contributed by atoms with Crippen LogP contribution in [-0.4, -0.2) is 39.5 Å². The second-order valence-corrected chi connectivity index (χ2v) is 5.23. The van der Waals surface area contributed by atoms with E-state index >= 15 is 0 Å². The van der Waals surface area contributed by atoms with E-state index in [1.54, 1.807) is 27.8 Å². The molecule has 1 aliphatic rings. The average Bonchev–Trinajstić information content (AvgIpc) is 3.21. The first-order valence-electron chi connectivity index (χ1n) is 6.64. The first-order valence-corrected chi connectivity index (χ1v) is 6.64. The Labute approximate surface area is 116 Å². The van der Waals surface area contributed by atoms with Crippen LogP contribution in [0.2, 0.25) is 0 Å². The molecule has 1 fully saturated rings.